The minimum absolute atomic E-state index is 0.00777. The van der Waals surface area contributed by atoms with E-state index in [1.165, 1.54) is 0 Å². The van der Waals surface area contributed by atoms with Gasteiger partial charge in [0.05, 0.1) is 21.8 Å². The lowest BCUT2D eigenvalue weighted by Crippen LogP contribution is -2.18. The highest BCUT2D eigenvalue weighted by Crippen LogP contribution is 2.31. The predicted molar refractivity (Wildman–Crippen MR) is 69.1 cm³/mol. The summed E-state index contributed by atoms with van der Waals surface area (Å²) < 4.78 is 52.0. The first-order valence-corrected chi connectivity index (χ1v) is 6.80. The third kappa shape index (κ3) is 3.79. The molecule has 2 aromatic rings. The second kappa shape index (κ2) is 5.72. The van der Waals surface area contributed by atoms with Gasteiger partial charge in [-0.2, -0.15) is 13.2 Å². The third-order valence-corrected chi connectivity index (χ3v) is 3.67. The number of hydrogen-bond acceptors (Lipinski definition) is 3. The molecule has 1 aromatic heterocycles. The number of fused-ring (bicyclic) bond motifs is 1. The van der Waals surface area contributed by atoms with E-state index in [-0.39, 0.29) is 21.2 Å². The van der Waals surface area contributed by atoms with Gasteiger partial charge in [-0.1, -0.05) is 23.4 Å². The number of carbonyl (C=O) groups is 1. The first kappa shape index (κ1) is 15.9. The lowest BCUT2D eigenvalue weighted by molar-refractivity contribution is -0.141. The summed E-state index contributed by atoms with van der Waals surface area (Å²) in [5.41, 5.74) is -0.0272. The number of carboxylic acid groups (broad SMARTS) is 1. The molecule has 0 spiro atoms. The van der Waals surface area contributed by atoms with E-state index in [1.807, 2.05) is 0 Å². The summed E-state index contributed by atoms with van der Waals surface area (Å²) in [6.45, 7) is -1.37. The first-order chi connectivity index (χ1) is 9.67. The zero-order valence-corrected chi connectivity index (χ0v) is 11.7. The van der Waals surface area contributed by atoms with Crippen molar-refractivity contribution in [2.45, 2.75) is 17.9 Å². The molecule has 0 saturated carbocycles. The number of nitrogens with zero attached hydrogens (tertiary/aromatic N) is 2. The Hall–Kier alpha value is -1.48. The van der Waals surface area contributed by atoms with Crippen LogP contribution < -0.4 is 0 Å². The van der Waals surface area contributed by atoms with E-state index >= 15 is 0 Å². The number of rotatable bonds is 4. The number of alkyl halides is 3. The molecule has 2 rings (SSSR count). The molecule has 0 aliphatic rings. The number of hydrogen-bond donors (Lipinski definition) is 1. The zero-order chi connectivity index (χ0) is 15.8. The van der Waals surface area contributed by atoms with Crippen molar-refractivity contribution >= 4 is 40.4 Å². The Morgan fingerprint density at radius 2 is 2.10 bits per heavy atom. The van der Waals surface area contributed by atoms with Gasteiger partial charge in [-0.25, -0.2) is 9.37 Å². The van der Waals surface area contributed by atoms with Gasteiger partial charge < -0.3 is 9.67 Å². The highest BCUT2D eigenvalue weighted by Gasteiger charge is 2.30. The topological polar surface area (TPSA) is 55.1 Å². The van der Waals surface area contributed by atoms with Crippen LogP contribution in [-0.2, 0) is 11.3 Å². The molecule has 1 N–H and O–H groups in total. The number of halogens is 5. The average Bonchev–Trinajstić information content (AvgIpc) is 2.63. The maximum atomic E-state index is 13.3. The van der Waals surface area contributed by atoms with Crippen LogP contribution in [0, 0.1) is 5.82 Å². The van der Waals surface area contributed by atoms with Crippen molar-refractivity contribution in [2.24, 2.45) is 0 Å². The molecule has 0 atom stereocenters. The first-order valence-electron chi connectivity index (χ1n) is 5.44. The molecule has 0 radical (unpaired) electrons. The largest absolute Gasteiger partial charge is 0.481 e. The van der Waals surface area contributed by atoms with Crippen LogP contribution in [0.15, 0.2) is 17.3 Å². The summed E-state index contributed by atoms with van der Waals surface area (Å²) in [4.78, 5) is 14.4. The number of thioether (sulfide) groups is 1. The van der Waals surface area contributed by atoms with E-state index in [0.29, 0.717) is 11.8 Å². The van der Waals surface area contributed by atoms with Gasteiger partial charge in [-0.15, -0.1) is 0 Å². The molecule has 10 heteroatoms. The van der Waals surface area contributed by atoms with Crippen LogP contribution in [0.2, 0.25) is 5.02 Å². The highest BCUT2D eigenvalue weighted by atomic mass is 35.5. The molecular weight excluding hydrogens is 336 g/mol. The second-order valence-corrected chi connectivity index (χ2v) is 5.38. The van der Waals surface area contributed by atoms with Gasteiger partial charge in [0.25, 0.3) is 0 Å². The smallest absolute Gasteiger partial charge is 0.406 e. The van der Waals surface area contributed by atoms with Gasteiger partial charge >= 0.3 is 12.1 Å². The Balaban J connectivity index is 2.54. The highest BCUT2D eigenvalue weighted by molar-refractivity contribution is 7.99. The lowest BCUT2D eigenvalue weighted by atomic mass is 10.3. The Morgan fingerprint density at radius 1 is 1.43 bits per heavy atom. The van der Waals surface area contributed by atoms with Crippen molar-refractivity contribution in [3.63, 3.8) is 0 Å². The Morgan fingerprint density at radius 3 is 2.67 bits per heavy atom. The SMILES string of the molecule is O=C(O)CSc1nc2cc(F)c(Cl)cc2n1CC(F)(F)F. The summed E-state index contributed by atoms with van der Waals surface area (Å²) in [5.74, 6) is -2.47. The van der Waals surface area contributed by atoms with Gasteiger partial charge in [-0.3, -0.25) is 4.79 Å². The van der Waals surface area contributed by atoms with Crippen molar-refractivity contribution in [3.05, 3.63) is 23.0 Å². The third-order valence-electron chi connectivity index (χ3n) is 2.42. The fourth-order valence-corrected chi connectivity index (χ4v) is 2.56. The van der Waals surface area contributed by atoms with Gasteiger partial charge in [0, 0.05) is 6.07 Å². The minimum Gasteiger partial charge on any atom is -0.481 e. The fraction of sp³-hybridized carbons (Fsp3) is 0.273. The number of benzene rings is 1. The van der Waals surface area contributed by atoms with E-state index in [0.717, 1.165) is 16.7 Å². The van der Waals surface area contributed by atoms with Crippen LogP contribution in [0.5, 0.6) is 0 Å². The number of imidazole rings is 1. The molecule has 1 heterocycles. The van der Waals surface area contributed by atoms with Crippen molar-refractivity contribution in [3.8, 4) is 0 Å². The normalized spacial score (nSPS) is 12.0. The second-order valence-electron chi connectivity index (χ2n) is 4.03. The summed E-state index contributed by atoms with van der Waals surface area (Å²) in [6.07, 6.45) is -4.53. The minimum atomic E-state index is -4.53. The van der Waals surface area contributed by atoms with Crippen LogP contribution in [0.25, 0.3) is 11.0 Å². The Labute approximate surface area is 124 Å². The van der Waals surface area contributed by atoms with E-state index < -0.39 is 30.3 Å². The van der Waals surface area contributed by atoms with E-state index in [1.54, 1.807) is 0 Å². The quantitative estimate of drug-likeness (QED) is 0.682. The monoisotopic (exact) mass is 342 g/mol. The summed E-state index contributed by atoms with van der Waals surface area (Å²) in [5, 5.41) is 8.11. The van der Waals surface area contributed by atoms with Crippen molar-refractivity contribution < 1.29 is 27.5 Å². The van der Waals surface area contributed by atoms with E-state index in [9.17, 15) is 22.4 Å². The standard InChI is InChI=1S/C11H7ClF4N2O2S/c12-5-1-8-7(2-6(5)13)17-10(21-3-9(19)20)18(8)4-11(14,15)16/h1-2H,3-4H2,(H,19,20). The molecule has 0 bridgehead atoms. The molecule has 0 saturated heterocycles. The van der Waals surface area contributed by atoms with Crippen LogP contribution in [0.4, 0.5) is 17.6 Å². The molecule has 21 heavy (non-hydrogen) atoms. The number of aromatic nitrogens is 2. The summed E-state index contributed by atoms with van der Waals surface area (Å²) in [7, 11) is 0. The van der Waals surface area contributed by atoms with Crippen LogP contribution in [0.1, 0.15) is 0 Å². The fourth-order valence-electron chi connectivity index (χ4n) is 1.67. The number of carboxylic acids is 1. The predicted octanol–water partition coefficient (Wildman–Crippen LogP) is 3.57. The van der Waals surface area contributed by atoms with Crippen molar-refractivity contribution in [1.82, 2.24) is 9.55 Å². The summed E-state index contributed by atoms with van der Waals surface area (Å²) in [6, 6.07) is 1.95. The van der Waals surface area contributed by atoms with Gasteiger partial charge in [0.1, 0.15) is 12.4 Å². The molecule has 0 amide bonds. The Kier molecular flexibility index (Phi) is 4.33. The van der Waals surface area contributed by atoms with Crippen molar-refractivity contribution in [1.29, 1.82) is 0 Å². The summed E-state index contributed by atoms with van der Waals surface area (Å²) >= 11 is 6.19. The maximum Gasteiger partial charge on any atom is 0.406 e. The van der Waals surface area contributed by atoms with E-state index in [4.69, 9.17) is 16.7 Å². The van der Waals surface area contributed by atoms with Gasteiger partial charge in [-0.05, 0) is 6.07 Å². The molecular formula is C11H7ClF4N2O2S. The molecule has 0 fully saturated rings. The molecule has 0 aliphatic heterocycles. The van der Waals surface area contributed by atoms with E-state index in [2.05, 4.69) is 4.98 Å². The molecule has 4 nitrogen and oxygen atoms in total. The lowest BCUT2D eigenvalue weighted by Gasteiger charge is -2.11. The van der Waals surface area contributed by atoms with Crippen LogP contribution in [0.3, 0.4) is 0 Å². The number of aliphatic carboxylic acids is 1. The molecule has 114 valence electrons. The zero-order valence-electron chi connectivity index (χ0n) is 10.1. The molecule has 0 aliphatic carbocycles. The van der Waals surface area contributed by atoms with Gasteiger partial charge in [0.2, 0.25) is 0 Å². The van der Waals surface area contributed by atoms with Crippen LogP contribution in [-0.4, -0.2) is 32.6 Å². The van der Waals surface area contributed by atoms with Gasteiger partial charge in [0.15, 0.2) is 5.16 Å². The maximum absolute atomic E-state index is 13.3. The van der Waals surface area contributed by atoms with Crippen molar-refractivity contribution in [2.75, 3.05) is 5.75 Å². The van der Waals surface area contributed by atoms with Crippen LogP contribution >= 0.6 is 23.4 Å². The Bertz CT molecular complexity index is 702. The molecule has 0 unspecified atom stereocenters. The average molecular weight is 343 g/mol. The molecule has 1 aromatic carbocycles.